The molecule has 3 rings (SSSR count). The van der Waals surface area contributed by atoms with Gasteiger partial charge in [0, 0.05) is 6.42 Å². The number of hydrogen-bond acceptors (Lipinski definition) is 6. The zero-order valence-electron chi connectivity index (χ0n) is 15.4. The molecule has 1 saturated heterocycles. The minimum atomic E-state index is -3.99. The van der Waals surface area contributed by atoms with Crippen molar-refractivity contribution in [3.63, 3.8) is 0 Å². The molecule has 1 amide bonds. The minimum Gasteiger partial charge on any atom is -0.445 e. The summed E-state index contributed by atoms with van der Waals surface area (Å²) in [6.07, 6.45) is -0.800. The van der Waals surface area contributed by atoms with Gasteiger partial charge in [-0.1, -0.05) is 48.0 Å². The van der Waals surface area contributed by atoms with Gasteiger partial charge in [-0.05, 0) is 24.6 Å². The van der Waals surface area contributed by atoms with E-state index in [1.165, 1.54) is 17.0 Å². The quantitative estimate of drug-likeness (QED) is 0.544. The van der Waals surface area contributed by atoms with Crippen molar-refractivity contribution in [1.82, 2.24) is 4.90 Å². The Kier molecular flexibility index (Phi) is 6.11. The third-order valence-electron chi connectivity index (χ3n) is 4.47. The van der Waals surface area contributed by atoms with Crippen molar-refractivity contribution in [2.45, 2.75) is 37.0 Å². The maximum atomic E-state index is 12.4. The molecule has 2 aromatic carbocycles. The lowest BCUT2D eigenvalue weighted by Gasteiger charge is -2.19. The van der Waals surface area contributed by atoms with Crippen LogP contribution in [0.15, 0.2) is 59.5 Å². The second kappa shape index (κ2) is 8.53. The van der Waals surface area contributed by atoms with Crippen LogP contribution in [0.1, 0.15) is 17.5 Å². The minimum absolute atomic E-state index is 0.0332. The number of rotatable bonds is 6. The molecule has 1 heterocycles. The van der Waals surface area contributed by atoms with Crippen LogP contribution in [0, 0.1) is 6.92 Å². The molecule has 0 aliphatic carbocycles. The van der Waals surface area contributed by atoms with Gasteiger partial charge in [0.1, 0.15) is 12.9 Å². The SMILES string of the molecule is Cc1ccc(S(=O)(=O)O[C@@H]2C[C@@H](C=O)N(C(=O)OCc3ccccc3)C2)cc1. The summed E-state index contributed by atoms with van der Waals surface area (Å²) in [7, 11) is -3.99. The van der Waals surface area contributed by atoms with Crippen LogP contribution >= 0.6 is 0 Å². The number of carbonyl (C=O) groups is 2. The van der Waals surface area contributed by atoms with Crippen molar-refractivity contribution < 1.29 is 26.9 Å². The number of carbonyl (C=O) groups excluding carboxylic acids is 2. The van der Waals surface area contributed by atoms with Crippen molar-refractivity contribution in [2.24, 2.45) is 0 Å². The van der Waals surface area contributed by atoms with Gasteiger partial charge in [0.05, 0.1) is 23.6 Å². The predicted octanol–water partition coefficient (Wildman–Crippen LogP) is 2.68. The van der Waals surface area contributed by atoms with Gasteiger partial charge in [0.2, 0.25) is 0 Å². The summed E-state index contributed by atoms with van der Waals surface area (Å²) in [5, 5.41) is 0. The third kappa shape index (κ3) is 4.76. The Morgan fingerprint density at radius 2 is 1.82 bits per heavy atom. The van der Waals surface area contributed by atoms with E-state index in [1.807, 2.05) is 37.3 Å². The summed E-state index contributed by atoms with van der Waals surface area (Å²) in [5.41, 5.74) is 1.74. The number of likely N-dealkylation sites (tertiary alicyclic amines) is 1. The fraction of sp³-hybridized carbons (Fsp3) is 0.300. The average molecular weight is 403 g/mol. The predicted molar refractivity (Wildman–Crippen MR) is 101 cm³/mol. The van der Waals surface area contributed by atoms with Crippen molar-refractivity contribution in [1.29, 1.82) is 0 Å². The molecule has 0 N–H and O–H groups in total. The van der Waals surface area contributed by atoms with E-state index in [-0.39, 0.29) is 24.5 Å². The molecule has 2 aromatic rings. The maximum Gasteiger partial charge on any atom is 0.410 e. The lowest BCUT2D eigenvalue weighted by Crippen LogP contribution is -2.37. The standard InChI is InChI=1S/C20H21NO6S/c1-15-7-9-19(10-8-15)28(24,25)27-18-11-17(13-22)21(12-18)20(23)26-14-16-5-3-2-4-6-16/h2-10,13,17-18H,11-12,14H2,1H3/t17-,18+/m0/s1. The van der Waals surface area contributed by atoms with Crippen LogP contribution in [0.3, 0.4) is 0 Å². The number of ether oxygens (including phenoxy) is 1. The normalized spacial score (nSPS) is 19.4. The molecule has 1 aliphatic rings. The van der Waals surface area contributed by atoms with E-state index in [0.29, 0.717) is 6.29 Å². The molecule has 0 aromatic heterocycles. The molecule has 1 fully saturated rings. The van der Waals surface area contributed by atoms with E-state index in [9.17, 15) is 18.0 Å². The molecule has 0 unspecified atom stereocenters. The average Bonchev–Trinajstić information content (AvgIpc) is 3.09. The van der Waals surface area contributed by atoms with Gasteiger partial charge in [0.25, 0.3) is 10.1 Å². The lowest BCUT2D eigenvalue weighted by atomic mass is 10.2. The molecule has 7 nitrogen and oxygen atoms in total. The molecular weight excluding hydrogens is 382 g/mol. The zero-order chi connectivity index (χ0) is 20.1. The molecule has 0 saturated carbocycles. The second-order valence-electron chi connectivity index (χ2n) is 6.62. The largest absolute Gasteiger partial charge is 0.445 e. The van der Waals surface area contributed by atoms with Gasteiger partial charge in [-0.15, -0.1) is 0 Å². The van der Waals surface area contributed by atoms with Gasteiger partial charge in [-0.2, -0.15) is 8.42 Å². The van der Waals surface area contributed by atoms with Gasteiger partial charge < -0.3 is 9.53 Å². The number of amides is 1. The number of aldehydes is 1. The molecule has 0 bridgehead atoms. The molecule has 0 radical (unpaired) electrons. The lowest BCUT2D eigenvalue weighted by molar-refractivity contribution is -0.111. The Balaban J connectivity index is 1.63. The van der Waals surface area contributed by atoms with E-state index in [0.717, 1.165) is 11.1 Å². The third-order valence-corrected chi connectivity index (χ3v) is 5.85. The van der Waals surface area contributed by atoms with Crippen LogP contribution in [-0.2, 0) is 30.4 Å². The number of benzene rings is 2. The first kappa shape index (κ1) is 20.0. The van der Waals surface area contributed by atoms with E-state index in [4.69, 9.17) is 8.92 Å². The van der Waals surface area contributed by atoms with E-state index >= 15 is 0 Å². The highest BCUT2D eigenvalue weighted by Gasteiger charge is 2.39. The molecule has 28 heavy (non-hydrogen) atoms. The summed E-state index contributed by atoms with van der Waals surface area (Å²) >= 11 is 0. The van der Waals surface area contributed by atoms with Crippen LogP contribution in [0.5, 0.6) is 0 Å². The Morgan fingerprint density at radius 3 is 2.46 bits per heavy atom. The fourth-order valence-electron chi connectivity index (χ4n) is 2.98. The van der Waals surface area contributed by atoms with E-state index in [1.54, 1.807) is 12.1 Å². The Labute approximate surface area is 164 Å². The van der Waals surface area contributed by atoms with Gasteiger partial charge in [0.15, 0.2) is 0 Å². The Morgan fingerprint density at radius 1 is 1.14 bits per heavy atom. The summed E-state index contributed by atoms with van der Waals surface area (Å²) in [6.45, 7) is 1.87. The highest BCUT2D eigenvalue weighted by atomic mass is 32.2. The summed E-state index contributed by atoms with van der Waals surface area (Å²) in [5.74, 6) is 0. The van der Waals surface area contributed by atoms with Crippen LogP contribution in [0.2, 0.25) is 0 Å². The highest BCUT2D eigenvalue weighted by Crippen LogP contribution is 2.24. The van der Waals surface area contributed by atoms with Crippen LogP contribution in [0.25, 0.3) is 0 Å². The first-order chi connectivity index (χ1) is 13.4. The fourth-order valence-corrected chi connectivity index (χ4v) is 4.05. The monoisotopic (exact) mass is 403 g/mol. The van der Waals surface area contributed by atoms with Crippen molar-refractivity contribution >= 4 is 22.5 Å². The second-order valence-corrected chi connectivity index (χ2v) is 8.19. The van der Waals surface area contributed by atoms with Gasteiger partial charge in [-0.3, -0.25) is 9.08 Å². The molecule has 148 valence electrons. The first-order valence-corrected chi connectivity index (χ1v) is 10.2. The topological polar surface area (TPSA) is 90.0 Å². The number of hydrogen-bond donors (Lipinski definition) is 0. The number of aryl methyl sites for hydroxylation is 1. The van der Waals surface area contributed by atoms with Crippen molar-refractivity contribution in [2.75, 3.05) is 6.54 Å². The molecule has 0 spiro atoms. The molecular formula is C20H21NO6S. The van der Waals surface area contributed by atoms with Gasteiger partial charge in [-0.25, -0.2) is 4.79 Å². The van der Waals surface area contributed by atoms with E-state index < -0.39 is 28.4 Å². The Bertz CT molecular complexity index is 927. The first-order valence-electron chi connectivity index (χ1n) is 8.81. The summed E-state index contributed by atoms with van der Waals surface area (Å²) < 4.78 is 35.4. The van der Waals surface area contributed by atoms with Crippen LogP contribution < -0.4 is 0 Å². The molecule has 2 atom stereocenters. The van der Waals surface area contributed by atoms with Gasteiger partial charge >= 0.3 is 6.09 Å². The molecule has 1 aliphatic heterocycles. The Hall–Kier alpha value is -2.71. The van der Waals surface area contributed by atoms with Crippen molar-refractivity contribution in [3.05, 3.63) is 65.7 Å². The highest BCUT2D eigenvalue weighted by molar-refractivity contribution is 7.86. The smallest absolute Gasteiger partial charge is 0.410 e. The van der Waals surface area contributed by atoms with Crippen molar-refractivity contribution in [3.8, 4) is 0 Å². The number of nitrogens with zero attached hydrogens (tertiary/aromatic N) is 1. The van der Waals surface area contributed by atoms with Crippen LogP contribution in [-0.4, -0.2) is 44.4 Å². The maximum absolute atomic E-state index is 12.4. The summed E-state index contributed by atoms with van der Waals surface area (Å²) in [4.78, 5) is 24.9. The molecule has 8 heteroatoms. The zero-order valence-corrected chi connectivity index (χ0v) is 16.2. The van der Waals surface area contributed by atoms with E-state index in [2.05, 4.69) is 0 Å². The summed E-state index contributed by atoms with van der Waals surface area (Å²) in [6, 6.07) is 14.6. The van der Waals surface area contributed by atoms with Crippen LogP contribution in [0.4, 0.5) is 4.79 Å².